The van der Waals surface area contributed by atoms with E-state index in [-0.39, 0.29) is 24.0 Å². The molecule has 0 atom stereocenters. The maximum atomic E-state index is 5.79. The van der Waals surface area contributed by atoms with Gasteiger partial charge in [-0.1, -0.05) is 36.4 Å². The molecule has 0 radical (unpaired) electrons. The first-order chi connectivity index (χ1) is 14.8. The Morgan fingerprint density at radius 3 is 2.48 bits per heavy atom. The molecule has 31 heavy (non-hydrogen) atoms. The number of nitrogens with zero attached hydrogens (tertiary/aromatic N) is 2. The summed E-state index contributed by atoms with van der Waals surface area (Å²) in [4.78, 5) is 6.94. The average molecular weight is 536 g/mol. The van der Waals surface area contributed by atoms with E-state index in [1.165, 1.54) is 5.56 Å². The molecule has 2 aliphatic heterocycles. The molecule has 0 bridgehead atoms. The molecule has 0 amide bonds. The minimum absolute atomic E-state index is 0. The number of benzene rings is 2. The van der Waals surface area contributed by atoms with Crippen LogP contribution >= 0.6 is 24.0 Å². The van der Waals surface area contributed by atoms with Crippen LogP contribution in [0.25, 0.3) is 0 Å². The fourth-order valence-electron chi connectivity index (χ4n) is 3.97. The van der Waals surface area contributed by atoms with Crippen LogP contribution in [0.5, 0.6) is 11.5 Å². The van der Waals surface area contributed by atoms with E-state index in [1.54, 1.807) is 0 Å². The van der Waals surface area contributed by atoms with Crippen LogP contribution in [0.15, 0.2) is 53.5 Å². The number of hydrogen-bond acceptors (Lipinski definition) is 4. The Hall–Kier alpha value is -2.00. The van der Waals surface area contributed by atoms with E-state index in [0.29, 0.717) is 25.8 Å². The minimum atomic E-state index is 0. The molecular weight excluding hydrogens is 503 g/mol. The van der Waals surface area contributed by atoms with E-state index in [9.17, 15) is 0 Å². The smallest absolute Gasteiger partial charge is 0.191 e. The molecule has 1 saturated heterocycles. The molecule has 168 valence electrons. The summed E-state index contributed by atoms with van der Waals surface area (Å²) in [5, 5.41) is 7.02. The van der Waals surface area contributed by atoms with Gasteiger partial charge < -0.3 is 20.1 Å². The third-order valence-corrected chi connectivity index (χ3v) is 5.67. The lowest BCUT2D eigenvalue weighted by molar-refractivity contribution is 0.198. The van der Waals surface area contributed by atoms with Crippen molar-refractivity contribution >= 4 is 29.9 Å². The number of piperidine rings is 1. The number of likely N-dealkylation sites (tertiary alicyclic amines) is 1. The van der Waals surface area contributed by atoms with Gasteiger partial charge in [0.25, 0.3) is 0 Å². The molecule has 0 saturated carbocycles. The van der Waals surface area contributed by atoms with Crippen molar-refractivity contribution in [2.75, 3.05) is 33.4 Å². The van der Waals surface area contributed by atoms with Crippen LogP contribution in [0, 0.1) is 0 Å². The number of rotatable bonds is 5. The van der Waals surface area contributed by atoms with E-state index >= 15 is 0 Å². The number of aliphatic imine (C=N–C) groups is 1. The fourth-order valence-corrected chi connectivity index (χ4v) is 3.97. The van der Waals surface area contributed by atoms with Gasteiger partial charge in [0.2, 0.25) is 0 Å². The van der Waals surface area contributed by atoms with Crippen LogP contribution in [-0.2, 0) is 13.1 Å². The van der Waals surface area contributed by atoms with Crippen molar-refractivity contribution in [1.82, 2.24) is 15.5 Å². The standard InChI is InChI=1S/C24H32N4O2.HI/c1-25-24(26-17-20-8-9-22-23(16-20)30-15-5-14-29-22)27-21-10-12-28(13-11-21)18-19-6-3-2-4-7-19;/h2-4,6-9,16,21H,5,10-15,17-18H2,1H3,(H2,25,26,27);1H. The zero-order valence-corrected chi connectivity index (χ0v) is 20.5. The van der Waals surface area contributed by atoms with Crippen molar-refractivity contribution < 1.29 is 9.47 Å². The zero-order valence-electron chi connectivity index (χ0n) is 18.2. The van der Waals surface area contributed by atoms with E-state index < -0.39 is 0 Å². The van der Waals surface area contributed by atoms with Crippen molar-refractivity contribution in [2.45, 2.75) is 38.4 Å². The number of ether oxygens (including phenoxy) is 2. The molecule has 2 aromatic carbocycles. The molecule has 6 nitrogen and oxygen atoms in total. The first-order valence-electron chi connectivity index (χ1n) is 10.9. The fraction of sp³-hybridized carbons (Fsp3) is 0.458. The molecule has 4 rings (SSSR count). The third-order valence-electron chi connectivity index (χ3n) is 5.67. The summed E-state index contributed by atoms with van der Waals surface area (Å²) in [5.41, 5.74) is 2.54. The Morgan fingerprint density at radius 1 is 1.00 bits per heavy atom. The molecule has 2 aliphatic rings. The highest BCUT2D eigenvalue weighted by molar-refractivity contribution is 14.0. The molecule has 0 spiro atoms. The topological polar surface area (TPSA) is 58.1 Å². The molecule has 0 unspecified atom stereocenters. The summed E-state index contributed by atoms with van der Waals surface area (Å²) in [6.45, 7) is 5.35. The number of guanidine groups is 1. The second kappa shape index (κ2) is 12.1. The second-order valence-corrected chi connectivity index (χ2v) is 7.94. The monoisotopic (exact) mass is 536 g/mol. The Kier molecular flexibility index (Phi) is 9.27. The molecule has 0 aliphatic carbocycles. The lowest BCUT2D eigenvalue weighted by atomic mass is 10.0. The average Bonchev–Trinajstić information content (AvgIpc) is 3.03. The van der Waals surface area contributed by atoms with Crippen LogP contribution in [-0.4, -0.2) is 50.3 Å². The van der Waals surface area contributed by atoms with Gasteiger partial charge in [-0.15, -0.1) is 24.0 Å². The third kappa shape index (κ3) is 7.00. The van der Waals surface area contributed by atoms with Gasteiger partial charge in [0.15, 0.2) is 17.5 Å². The molecule has 7 heteroatoms. The van der Waals surface area contributed by atoms with Crippen LogP contribution in [0.1, 0.15) is 30.4 Å². The van der Waals surface area contributed by atoms with Gasteiger partial charge in [0.1, 0.15) is 0 Å². The van der Waals surface area contributed by atoms with E-state index in [0.717, 1.165) is 61.9 Å². The Morgan fingerprint density at radius 2 is 1.74 bits per heavy atom. The maximum Gasteiger partial charge on any atom is 0.191 e. The number of halogens is 1. The normalized spacial score (nSPS) is 17.4. The van der Waals surface area contributed by atoms with Crippen LogP contribution in [0.4, 0.5) is 0 Å². The highest BCUT2D eigenvalue weighted by Gasteiger charge is 2.20. The van der Waals surface area contributed by atoms with E-state index in [1.807, 2.05) is 13.1 Å². The molecule has 2 aromatic rings. The predicted octanol–water partition coefficient (Wildman–Crippen LogP) is 3.80. The Balaban J connectivity index is 0.00000272. The van der Waals surface area contributed by atoms with Gasteiger partial charge >= 0.3 is 0 Å². The first-order valence-corrected chi connectivity index (χ1v) is 10.9. The SMILES string of the molecule is CN=C(NCc1ccc2c(c1)OCCCO2)NC1CCN(Cc2ccccc2)CC1.I. The largest absolute Gasteiger partial charge is 0.490 e. The van der Waals surface area contributed by atoms with Gasteiger partial charge in [0, 0.05) is 45.7 Å². The van der Waals surface area contributed by atoms with Gasteiger partial charge in [-0.2, -0.15) is 0 Å². The summed E-state index contributed by atoms with van der Waals surface area (Å²) < 4.78 is 11.5. The molecule has 2 N–H and O–H groups in total. The van der Waals surface area contributed by atoms with Crippen molar-refractivity contribution in [3.8, 4) is 11.5 Å². The molecule has 2 heterocycles. The summed E-state index contributed by atoms with van der Waals surface area (Å²) in [7, 11) is 1.83. The van der Waals surface area contributed by atoms with Crippen molar-refractivity contribution in [3.05, 3.63) is 59.7 Å². The number of nitrogens with one attached hydrogen (secondary N) is 2. The molecule has 0 aromatic heterocycles. The number of fused-ring (bicyclic) bond motifs is 1. The first kappa shape index (κ1) is 23.7. The molecule has 1 fully saturated rings. The maximum absolute atomic E-state index is 5.79. The van der Waals surface area contributed by atoms with Crippen LogP contribution in [0.3, 0.4) is 0 Å². The van der Waals surface area contributed by atoms with Crippen LogP contribution in [0.2, 0.25) is 0 Å². The summed E-state index contributed by atoms with van der Waals surface area (Å²) in [5.74, 6) is 2.52. The van der Waals surface area contributed by atoms with Gasteiger partial charge in [-0.05, 0) is 36.1 Å². The van der Waals surface area contributed by atoms with Crippen LogP contribution < -0.4 is 20.1 Å². The second-order valence-electron chi connectivity index (χ2n) is 7.94. The highest BCUT2D eigenvalue weighted by atomic mass is 127. The lowest BCUT2D eigenvalue weighted by Gasteiger charge is -2.33. The summed E-state index contributed by atoms with van der Waals surface area (Å²) >= 11 is 0. The Labute approximate surface area is 202 Å². The lowest BCUT2D eigenvalue weighted by Crippen LogP contribution is -2.48. The summed E-state index contributed by atoms with van der Waals surface area (Å²) in [6.07, 6.45) is 3.16. The van der Waals surface area contributed by atoms with Crippen molar-refractivity contribution in [3.63, 3.8) is 0 Å². The quantitative estimate of drug-likeness (QED) is 0.346. The van der Waals surface area contributed by atoms with E-state index in [2.05, 4.69) is 63.0 Å². The Bertz CT molecular complexity index is 839. The van der Waals surface area contributed by atoms with Gasteiger partial charge in [-0.3, -0.25) is 9.89 Å². The van der Waals surface area contributed by atoms with E-state index in [4.69, 9.17) is 9.47 Å². The van der Waals surface area contributed by atoms with Crippen molar-refractivity contribution in [2.24, 2.45) is 4.99 Å². The minimum Gasteiger partial charge on any atom is -0.490 e. The zero-order chi connectivity index (χ0) is 20.6. The van der Waals surface area contributed by atoms with Crippen molar-refractivity contribution in [1.29, 1.82) is 0 Å². The highest BCUT2D eigenvalue weighted by Crippen LogP contribution is 2.30. The number of hydrogen-bond donors (Lipinski definition) is 2. The molecular formula is C24H33IN4O2. The predicted molar refractivity (Wildman–Crippen MR) is 136 cm³/mol. The van der Waals surface area contributed by atoms with Gasteiger partial charge in [-0.25, -0.2) is 0 Å². The summed E-state index contributed by atoms with van der Waals surface area (Å²) in [6, 6.07) is 17.3. The van der Waals surface area contributed by atoms with Gasteiger partial charge in [0.05, 0.1) is 13.2 Å².